The van der Waals surface area contributed by atoms with Crippen molar-refractivity contribution in [2.24, 2.45) is 0 Å². The molecule has 1 aliphatic heterocycles. The fourth-order valence-electron chi connectivity index (χ4n) is 2.68. The smallest absolute Gasteiger partial charge is 0.268 e. The molecule has 0 spiro atoms. The molecule has 3 rings (SSSR count). The molecule has 0 saturated carbocycles. The van der Waals surface area contributed by atoms with E-state index in [9.17, 15) is 9.59 Å². The molecular weight excluding hydrogens is 333 g/mol. The average Bonchev–Trinajstić information content (AvgIpc) is 2.69. The number of hydrogen-bond donors (Lipinski definition) is 0. The Bertz CT molecular complexity index is 834. The highest BCUT2D eigenvalue weighted by Gasteiger charge is 2.39. The molecule has 0 unspecified atom stereocenters. The number of anilines is 1. The van der Waals surface area contributed by atoms with Crippen LogP contribution in [0.25, 0.3) is 5.57 Å². The van der Waals surface area contributed by atoms with Crippen molar-refractivity contribution in [2.45, 2.75) is 13.8 Å². The molecular formula is C18H13Cl2NO2. The highest BCUT2D eigenvalue weighted by molar-refractivity contribution is 6.60. The largest absolute Gasteiger partial charge is 0.277 e. The normalized spacial score (nSPS) is 14.9. The van der Waals surface area contributed by atoms with Crippen molar-refractivity contribution in [3.05, 3.63) is 69.2 Å². The second-order valence-corrected chi connectivity index (χ2v) is 6.30. The summed E-state index contributed by atoms with van der Waals surface area (Å²) in [6.45, 7) is 3.83. The molecule has 23 heavy (non-hydrogen) atoms. The first-order valence-electron chi connectivity index (χ1n) is 7.01. The van der Waals surface area contributed by atoms with Crippen LogP contribution in [0.15, 0.2) is 47.5 Å². The number of carbonyl (C=O) groups is 2. The first-order valence-corrected chi connectivity index (χ1v) is 7.77. The Labute approximate surface area is 144 Å². The van der Waals surface area contributed by atoms with Crippen LogP contribution >= 0.6 is 23.2 Å². The number of aryl methyl sites for hydroxylation is 2. The van der Waals surface area contributed by atoms with Crippen LogP contribution in [0.2, 0.25) is 5.02 Å². The molecule has 116 valence electrons. The molecule has 0 bridgehead atoms. The van der Waals surface area contributed by atoms with Crippen molar-refractivity contribution in [1.82, 2.24) is 0 Å². The van der Waals surface area contributed by atoms with Crippen LogP contribution in [0.1, 0.15) is 16.7 Å². The lowest BCUT2D eigenvalue weighted by atomic mass is 10.1. The first-order chi connectivity index (χ1) is 10.9. The van der Waals surface area contributed by atoms with Gasteiger partial charge in [0.15, 0.2) is 0 Å². The van der Waals surface area contributed by atoms with E-state index in [1.165, 1.54) is 0 Å². The summed E-state index contributed by atoms with van der Waals surface area (Å²) in [4.78, 5) is 26.4. The Balaban J connectivity index is 2.07. The predicted octanol–water partition coefficient (Wildman–Crippen LogP) is 4.48. The summed E-state index contributed by atoms with van der Waals surface area (Å²) < 4.78 is 0. The molecule has 1 aliphatic rings. The number of benzene rings is 2. The molecule has 2 amide bonds. The third kappa shape index (κ3) is 2.78. The molecule has 0 atom stereocenters. The van der Waals surface area contributed by atoms with Crippen LogP contribution < -0.4 is 4.90 Å². The van der Waals surface area contributed by atoms with Crippen LogP contribution in [-0.2, 0) is 9.59 Å². The Kier molecular flexibility index (Phi) is 4.00. The summed E-state index contributed by atoms with van der Waals surface area (Å²) in [6.07, 6.45) is 0. The molecule has 5 heteroatoms. The van der Waals surface area contributed by atoms with Crippen LogP contribution in [0.4, 0.5) is 5.69 Å². The lowest BCUT2D eigenvalue weighted by Crippen LogP contribution is -2.31. The van der Waals surface area contributed by atoms with Gasteiger partial charge in [-0.1, -0.05) is 41.4 Å². The SMILES string of the molecule is Cc1cc(C)cc(N2C(=O)C(Cl)=C(c3ccc(Cl)cc3)C2=O)c1. The zero-order valence-corrected chi connectivity index (χ0v) is 14.1. The van der Waals surface area contributed by atoms with E-state index in [1.54, 1.807) is 36.4 Å². The van der Waals surface area contributed by atoms with E-state index in [0.29, 0.717) is 16.3 Å². The number of rotatable bonds is 2. The van der Waals surface area contributed by atoms with E-state index >= 15 is 0 Å². The van der Waals surface area contributed by atoms with E-state index in [-0.39, 0.29) is 10.6 Å². The molecule has 0 aliphatic carbocycles. The predicted molar refractivity (Wildman–Crippen MR) is 92.6 cm³/mol. The third-order valence-electron chi connectivity index (χ3n) is 3.62. The van der Waals surface area contributed by atoms with Crippen molar-refractivity contribution >= 4 is 46.3 Å². The summed E-state index contributed by atoms with van der Waals surface area (Å²) in [5.41, 5.74) is 3.24. The van der Waals surface area contributed by atoms with Crippen molar-refractivity contribution in [1.29, 1.82) is 0 Å². The molecule has 0 aromatic heterocycles. The van der Waals surface area contributed by atoms with Gasteiger partial charge in [-0.2, -0.15) is 0 Å². The van der Waals surface area contributed by atoms with Crippen LogP contribution in [0, 0.1) is 13.8 Å². The quantitative estimate of drug-likeness (QED) is 0.752. The van der Waals surface area contributed by atoms with Gasteiger partial charge >= 0.3 is 0 Å². The zero-order chi connectivity index (χ0) is 16.7. The number of halogens is 2. The van der Waals surface area contributed by atoms with Gasteiger partial charge in [0.1, 0.15) is 5.03 Å². The highest BCUT2D eigenvalue weighted by Crippen LogP contribution is 2.35. The molecule has 3 nitrogen and oxygen atoms in total. The van der Waals surface area contributed by atoms with E-state index in [1.807, 2.05) is 19.9 Å². The number of imide groups is 1. The first kappa shape index (κ1) is 15.8. The molecule has 1 heterocycles. The number of hydrogen-bond acceptors (Lipinski definition) is 2. The molecule has 0 fully saturated rings. The topological polar surface area (TPSA) is 37.4 Å². The molecule has 2 aromatic rings. The summed E-state index contributed by atoms with van der Waals surface area (Å²) >= 11 is 12.0. The van der Waals surface area contributed by atoms with Gasteiger partial charge < -0.3 is 0 Å². The molecule has 2 aromatic carbocycles. The Morgan fingerprint density at radius 2 is 1.39 bits per heavy atom. The maximum atomic E-state index is 12.8. The van der Waals surface area contributed by atoms with E-state index in [4.69, 9.17) is 23.2 Å². The summed E-state index contributed by atoms with van der Waals surface area (Å²) in [5, 5.41) is 0.477. The fourth-order valence-corrected chi connectivity index (χ4v) is 3.08. The summed E-state index contributed by atoms with van der Waals surface area (Å²) in [5.74, 6) is -0.932. The van der Waals surface area contributed by atoms with Gasteiger partial charge in [-0.3, -0.25) is 9.59 Å². The lowest BCUT2D eigenvalue weighted by Gasteiger charge is -2.16. The van der Waals surface area contributed by atoms with Crippen LogP contribution in [-0.4, -0.2) is 11.8 Å². The minimum Gasteiger partial charge on any atom is -0.268 e. The number of amides is 2. The minimum absolute atomic E-state index is 0.0727. The van der Waals surface area contributed by atoms with Gasteiger partial charge in [-0.25, -0.2) is 4.90 Å². The highest BCUT2D eigenvalue weighted by atomic mass is 35.5. The van der Waals surface area contributed by atoms with Gasteiger partial charge in [0.05, 0.1) is 11.3 Å². The maximum absolute atomic E-state index is 12.8. The zero-order valence-electron chi connectivity index (χ0n) is 12.6. The van der Waals surface area contributed by atoms with E-state index in [0.717, 1.165) is 16.0 Å². The minimum atomic E-state index is -0.508. The van der Waals surface area contributed by atoms with Crippen LogP contribution in [0.5, 0.6) is 0 Å². The summed E-state index contributed by atoms with van der Waals surface area (Å²) in [6, 6.07) is 12.2. The number of nitrogens with zero attached hydrogens (tertiary/aromatic N) is 1. The van der Waals surface area contributed by atoms with Gasteiger partial charge in [-0.05, 0) is 54.8 Å². The van der Waals surface area contributed by atoms with E-state index < -0.39 is 11.8 Å². The maximum Gasteiger partial charge on any atom is 0.277 e. The number of carbonyl (C=O) groups excluding carboxylic acids is 2. The fraction of sp³-hybridized carbons (Fsp3) is 0.111. The van der Waals surface area contributed by atoms with Gasteiger partial charge in [0.2, 0.25) is 0 Å². The lowest BCUT2D eigenvalue weighted by molar-refractivity contribution is -0.119. The monoisotopic (exact) mass is 345 g/mol. The Hall–Kier alpha value is -2.10. The molecule has 0 saturated heterocycles. The van der Waals surface area contributed by atoms with E-state index in [2.05, 4.69) is 0 Å². The molecule has 0 N–H and O–H groups in total. The standard InChI is InChI=1S/C18H13Cl2NO2/c1-10-7-11(2)9-14(8-10)21-17(22)15(16(20)18(21)23)12-3-5-13(19)6-4-12/h3-9H,1-2H3. The molecule has 0 radical (unpaired) electrons. The second-order valence-electron chi connectivity index (χ2n) is 5.49. The van der Waals surface area contributed by atoms with Crippen LogP contribution in [0.3, 0.4) is 0 Å². The second kappa shape index (κ2) is 5.84. The van der Waals surface area contributed by atoms with Crippen molar-refractivity contribution < 1.29 is 9.59 Å². The summed E-state index contributed by atoms with van der Waals surface area (Å²) in [7, 11) is 0. The van der Waals surface area contributed by atoms with Gasteiger partial charge in [0.25, 0.3) is 11.8 Å². The van der Waals surface area contributed by atoms with Crippen molar-refractivity contribution in [3.8, 4) is 0 Å². The third-order valence-corrected chi connectivity index (χ3v) is 4.23. The van der Waals surface area contributed by atoms with Gasteiger partial charge in [-0.15, -0.1) is 0 Å². The van der Waals surface area contributed by atoms with Crippen molar-refractivity contribution in [2.75, 3.05) is 4.90 Å². The Morgan fingerprint density at radius 1 is 0.826 bits per heavy atom. The van der Waals surface area contributed by atoms with Crippen molar-refractivity contribution in [3.63, 3.8) is 0 Å². The van der Waals surface area contributed by atoms with Gasteiger partial charge in [0, 0.05) is 5.02 Å². The average molecular weight is 346 g/mol. The Morgan fingerprint density at radius 3 is 1.96 bits per heavy atom.